The molecule has 0 saturated carbocycles. The molecule has 0 saturated heterocycles. The van der Waals surface area contributed by atoms with Crippen LogP contribution in [0.25, 0.3) is 0 Å². The lowest BCUT2D eigenvalue weighted by Gasteiger charge is -2.02. The molecule has 0 aliphatic carbocycles. The number of methoxy groups -OCH3 is 1. The number of hydrogen-bond donors (Lipinski definition) is 0. The van der Waals surface area contributed by atoms with E-state index < -0.39 is 5.97 Å². The highest BCUT2D eigenvalue weighted by Crippen LogP contribution is 2.22. The molecule has 2 aromatic carbocycles. The van der Waals surface area contributed by atoms with Crippen LogP contribution in [0.4, 0.5) is 0 Å². The van der Waals surface area contributed by atoms with Gasteiger partial charge >= 0.3 is 5.97 Å². The number of hydrogen-bond acceptors (Lipinski definition) is 4. The summed E-state index contributed by atoms with van der Waals surface area (Å²) in [5.74, 6) is -0.408. The molecule has 0 heterocycles. The summed E-state index contributed by atoms with van der Waals surface area (Å²) in [7, 11) is 1.33. The van der Waals surface area contributed by atoms with Crippen LogP contribution in [-0.2, 0) is 4.74 Å². The fraction of sp³-hybridized carbons (Fsp3) is 0.0667. The van der Waals surface area contributed by atoms with E-state index in [2.05, 4.69) is 4.74 Å². The molecule has 0 N–H and O–H groups in total. The average Bonchev–Trinajstić information content (AvgIpc) is 2.47. The zero-order valence-corrected chi connectivity index (χ0v) is 11.1. The van der Waals surface area contributed by atoms with Gasteiger partial charge in [-0.1, -0.05) is 18.2 Å². The fourth-order valence-electron chi connectivity index (χ4n) is 1.51. The smallest absolute Gasteiger partial charge is 0.337 e. The summed E-state index contributed by atoms with van der Waals surface area (Å²) in [6.45, 7) is 0. The highest BCUT2D eigenvalue weighted by molar-refractivity contribution is 8.14. The maximum absolute atomic E-state index is 12.0. The Hall–Kier alpha value is -2.07. The first-order valence-corrected chi connectivity index (χ1v) is 6.48. The normalized spacial score (nSPS) is 9.95. The molecule has 0 bridgehead atoms. The zero-order valence-electron chi connectivity index (χ0n) is 10.3. The molecule has 0 atom stereocenters. The van der Waals surface area contributed by atoms with E-state index in [0.717, 1.165) is 16.7 Å². The molecule has 0 fully saturated rings. The summed E-state index contributed by atoms with van der Waals surface area (Å²) >= 11 is 1.16. The predicted molar refractivity (Wildman–Crippen MR) is 74.4 cm³/mol. The van der Waals surface area contributed by atoms with Crippen LogP contribution in [0.15, 0.2) is 59.5 Å². The molecule has 96 valence electrons. The molecule has 4 heteroatoms. The molecule has 0 unspecified atom stereocenters. The first-order chi connectivity index (χ1) is 9.20. The minimum Gasteiger partial charge on any atom is -0.465 e. The van der Waals surface area contributed by atoms with Gasteiger partial charge in [-0.3, -0.25) is 4.79 Å². The first-order valence-electron chi connectivity index (χ1n) is 5.66. The molecule has 0 radical (unpaired) electrons. The number of carbonyl (C=O) groups is 2. The van der Waals surface area contributed by atoms with Crippen molar-refractivity contribution >= 4 is 22.8 Å². The summed E-state index contributed by atoms with van der Waals surface area (Å²) in [5, 5.41) is -0.0531. The van der Waals surface area contributed by atoms with Gasteiger partial charge in [-0.05, 0) is 48.2 Å². The Morgan fingerprint density at radius 2 is 1.47 bits per heavy atom. The number of carbonyl (C=O) groups excluding carboxylic acids is 2. The van der Waals surface area contributed by atoms with Crippen LogP contribution in [0.5, 0.6) is 0 Å². The monoisotopic (exact) mass is 272 g/mol. The number of thioether (sulfide) groups is 1. The maximum Gasteiger partial charge on any atom is 0.337 e. The molecular weight excluding hydrogens is 260 g/mol. The number of esters is 1. The molecule has 0 spiro atoms. The van der Waals surface area contributed by atoms with Crippen molar-refractivity contribution in [1.29, 1.82) is 0 Å². The molecule has 19 heavy (non-hydrogen) atoms. The second-order valence-electron chi connectivity index (χ2n) is 3.77. The molecule has 2 aromatic rings. The van der Waals surface area contributed by atoms with Crippen molar-refractivity contribution in [2.45, 2.75) is 4.90 Å². The fourth-order valence-corrected chi connectivity index (χ4v) is 2.28. The molecule has 0 aromatic heterocycles. The van der Waals surface area contributed by atoms with E-state index in [4.69, 9.17) is 0 Å². The summed E-state index contributed by atoms with van der Waals surface area (Å²) < 4.78 is 4.60. The highest BCUT2D eigenvalue weighted by atomic mass is 32.2. The van der Waals surface area contributed by atoms with E-state index >= 15 is 0 Å². The summed E-state index contributed by atoms with van der Waals surface area (Å²) in [6, 6.07) is 15.9. The number of rotatable bonds is 3. The van der Waals surface area contributed by atoms with Crippen LogP contribution in [-0.4, -0.2) is 18.2 Å². The minimum atomic E-state index is -0.408. The minimum absolute atomic E-state index is 0.0531. The van der Waals surface area contributed by atoms with Crippen LogP contribution in [0.1, 0.15) is 20.7 Å². The van der Waals surface area contributed by atoms with E-state index in [-0.39, 0.29) is 5.12 Å². The topological polar surface area (TPSA) is 43.4 Å². The Morgan fingerprint density at radius 1 is 0.895 bits per heavy atom. The van der Waals surface area contributed by atoms with Crippen LogP contribution >= 0.6 is 11.8 Å². The van der Waals surface area contributed by atoms with Gasteiger partial charge in [0.25, 0.3) is 0 Å². The van der Waals surface area contributed by atoms with Crippen molar-refractivity contribution in [2.75, 3.05) is 7.11 Å². The van der Waals surface area contributed by atoms with Gasteiger partial charge in [0.2, 0.25) is 5.12 Å². The van der Waals surface area contributed by atoms with Crippen molar-refractivity contribution in [3.05, 3.63) is 65.7 Å². The van der Waals surface area contributed by atoms with E-state index in [9.17, 15) is 9.59 Å². The predicted octanol–water partition coefficient (Wildman–Crippen LogP) is 3.41. The maximum atomic E-state index is 12.0. The van der Waals surface area contributed by atoms with Gasteiger partial charge in [-0.15, -0.1) is 0 Å². The van der Waals surface area contributed by atoms with Gasteiger partial charge in [-0.25, -0.2) is 4.79 Å². The third kappa shape index (κ3) is 3.45. The van der Waals surface area contributed by atoms with Crippen molar-refractivity contribution in [1.82, 2.24) is 0 Å². The molecule has 0 amide bonds. The first kappa shape index (κ1) is 13.4. The average molecular weight is 272 g/mol. The molecule has 2 rings (SSSR count). The largest absolute Gasteiger partial charge is 0.465 e. The molecule has 3 nitrogen and oxygen atoms in total. The number of ether oxygens (including phenoxy) is 1. The highest BCUT2D eigenvalue weighted by Gasteiger charge is 2.10. The van der Waals surface area contributed by atoms with Gasteiger partial charge in [0.1, 0.15) is 0 Å². The van der Waals surface area contributed by atoms with Crippen molar-refractivity contribution in [3.8, 4) is 0 Å². The Kier molecular flexibility index (Phi) is 4.36. The molecular formula is C15H12O3S. The van der Waals surface area contributed by atoms with Crippen LogP contribution in [0.3, 0.4) is 0 Å². The Bertz CT molecular complexity index is 576. The number of benzene rings is 2. The van der Waals surface area contributed by atoms with E-state index in [1.807, 2.05) is 30.3 Å². The van der Waals surface area contributed by atoms with E-state index in [0.29, 0.717) is 11.1 Å². The zero-order chi connectivity index (χ0) is 13.7. The van der Waals surface area contributed by atoms with Crippen LogP contribution in [0, 0.1) is 0 Å². The van der Waals surface area contributed by atoms with Crippen LogP contribution in [0.2, 0.25) is 0 Å². The van der Waals surface area contributed by atoms with Gasteiger partial charge in [0.15, 0.2) is 0 Å². The van der Waals surface area contributed by atoms with Gasteiger partial charge in [-0.2, -0.15) is 0 Å². The third-order valence-corrected chi connectivity index (χ3v) is 3.42. The quantitative estimate of drug-likeness (QED) is 0.634. The van der Waals surface area contributed by atoms with Gasteiger partial charge in [0, 0.05) is 10.5 Å². The van der Waals surface area contributed by atoms with E-state index in [1.165, 1.54) is 7.11 Å². The standard InChI is InChI=1S/C15H12O3S/c1-18-14(16)11-7-9-12(10-8-11)15(17)19-13-5-3-2-4-6-13/h2-10H,1H3. The Labute approximate surface area is 115 Å². The van der Waals surface area contributed by atoms with Crippen molar-refractivity contribution in [2.24, 2.45) is 0 Å². The summed E-state index contributed by atoms with van der Waals surface area (Å²) in [5.41, 5.74) is 0.991. The molecule has 0 aliphatic rings. The van der Waals surface area contributed by atoms with Gasteiger partial charge < -0.3 is 4.74 Å². The van der Waals surface area contributed by atoms with Crippen molar-refractivity contribution in [3.63, 3.8) is 0 Å². The van der Waals surface area contributed by atoms with Crippen LogP contribution < -0.4 is 0 Å². The third-order valence-electron chi connectivity index (χ3n) is 2.50. The Balaban J connectivity index is 2.10. The second-order valence-corrected chi connectivity index (χ2v) is 4.82. The molecule has 0 aliphatic heterocycles. The lowest BCUT2D eigenvalue weighted by molar-refractivity contribution is 0.0600. The van der Waals surface area contributed by atoms with E-state index in [1.54, 1.807) is 24.3 Å². The summed E-state index contributed by atoms with van der Waals surface area (Å²) in [6.07, 6.45) is 0. The summed E-state index contributed by atoms with van der Waals surface area (Å²) in [4.78, 5) is 24.2. The lowest BCUT2D eigenvalue weighted by Crippen LogP contribution is -2.01. The van der Waals surface area contributed by atoms with Gasteiger partial charge in [0.05, 0.1) is 12.7 Å². The van der Waals surface area contributed by atoms with Crippen molar-refractivity contribution < 1.29 is 14.3 Å². The lowest BCUT2D eigenvalue weighted by atomic mass is 10.1. The Morgan fingerprint density at radius 3 is 2.05 bits per heavy atom. The SMILES string of the molecule is COC(=O)c1ccc(C(=O)Sc2ccccc2)cc1. The second kappa shape index (κ2) is 6.20.